The van der Waals surface area contributed by atoms with Crippen molar-refractivity contribution < 1.29 is 16.8 Å². The molecule has 2 aromatic heterocycles. The van der Waals surface area contributed by atoms with E-state index in [-0.39, 0.29) is 22.9 Å². The number of hydrogen-bond acceptors (Lipinski definition) is 6. The van der Waals surface area contributed by atoms with Crippen molar-refractivity contribution in [2.75, 3.05) is 0 Å². The highest BCUT2D eigenvalue weighted by molar-refractivity contribution is 7.98. The second-order valence-corrected chi connectivity index (χ2v) is 15.8. The number of sulfonamides is 1. The molecule has 0 unspecified atom stereocenters. The normalized spacial score (nSPS) is 13.9. The van der Waals surface area contributed by atoms with Crippen LogP contribution in [0, 0.1) is 13.8 Å². The summed E-state index contributed by atoms with van der Waals surface area (Å²) in [7, 11) is -7.82. The molecule has 1 aliphatic heterocycles. The van der Waals surface area contributed by atoms with Crippen molar-refractivity contribution in [1.82, 2.24) is 8.28 Å². The standard InChI is InChI=1S/C31H28N2O4S4/c1-22-8-12-27(13-9-22)40(34,35)32-18-24-16-17-38-31(24)30-29(20-32)25(21-39-26-6-4-3-5-7-26)19-33(30)41(36,37)28-14-10-23(2)11-15-28/h3-17,19H,18,20-21H2,1-2H3. The lowest BCUT2D eigenvalue weighted by Gasteiger charge is -2.21. The van der Waals surface area contributed by atoms with Crippen LogP contribution in [0.25, 0.3) is 10.6 Å². The zero-order chi connectivity index (χ0) is 28.8. The van der Waals surface area contributed by atoms with Gasteiger partial charge in [0, 0.05) is 29.9 Å². The SMILES string of the molecule is Cc1ccc(S(=O)(=O)N2Cc3ccsc3-c3c(c(CSc4ccccc4)cn3S(=O)(=O)c3ccc(C)cc3)C2)cc1. The number of aryl methyl sites for hydroxylation is 2. The summed E-state index contributed by atoms with van der Waals surface area (Å²) < 4.78 is 58.9. The zero-order valence-corrected chi connectivity index (χ0v) is 25.8. The minimum absolute atomic E-state index is 0.0635. The van der Waals surface area contributed by atoms with Crippen molar-refractivity contribution in [3.8, 4) is 10.6 Å². The summed E-state index contributed by atoms with van der Waals surface area (Å²) in [6.07, 6.45) is 1.68. The van der Waals surface area contributed by atoms with Crippen molar-refractivity contribution >= 4 is 43.1 Å². The van der Waals surface area contributed by atoms with Crippen molar-refractivity contribution in [3.63, 3.8) is 0 Å². The van der Waals surface area contributed by atoms with E-state index in [1.54, 1.807) is 66.5 Å². The molecule has 10 heteroatoms. The van der Waals surface area contributed by atoms with Crippen molar-refractivity contribution in [1.29, 1.82) is 0 Å². The first-order valence-corrected chi connectivity index (χ1v) is 17.8. The monoisotopic (exact) mass is 620 g/mol. The summed E-state index contributed by atoms with van der Waals surface area (Å²) >= 11 is 3.03. The van der Waals surface area contributed by atoms with Gasteiger partial charge in [-0.2, -0.15) is 4.31 Å². The van der Waals surface area contributed by atoms with Crippen LogP contribution in [-0.4, -0.2) is 25.1 Å². The van der Waals surface area contributed by atoms with Crippen LogP contribution in [0.1, 0.15) is 27.8 Å². The molecule has 6 nitrogen and oxygen atoms in total. The van der Waals surface area contributed by atoms with E-state index in [0.717, 1.165) is 32.0 Å². The number of fused-ring (bicyclic) bond motifs is 3. The minimum Gasteiger partial charge on any atom is -0.240 e. The molecular formula is C31H28N2O4S4. The average molecular weight is 621 g/mol. The van der Waals surface area contributed by atoms with E-state index in [1.807, 2.05) is 55.6 Å². The Bertz CT molecular complexity index is 1930. The van der Waals surface area contributed by atoms with Gasteiger partial charge in [-0.15, -0.1) is 23.1 Å². The molecule has 0 amide bonds. The molecule has 210 valence electrons. The summed E-state index contributed by atoms with van der Waals surface area (Å²) in [6, 6.07) is 25.4. The van der Waals surface area contributed by atoms with E-state index in [9.17, 15) is 16.8 Å². The summed E-state index contributed by atoms with van der Waals surface area (Å²) in [5, 5.41) is 1.89. The van der Waals surface area contributed by atoms with Gasteiger partial charge in [0.2, 0.25) is 10.0 Å². The third-order valence-corrected chi connectivity index (χ3v) is 12.7. The number of benzene rings is 3. The largest absolute Gasteiger partial charge is 0.268 e. The second kappa shape index (κ2) is 10.9. The quantitative estimate of drug-likeness (QED) is 0.182. The van der Waals surface area contributed by atoms with Gasteiger partial charge in [-0.25, -0.2) is 20.8 Å². The van der Waals surface area contributed by atoms with Gasteiger partial charge in [0.05, 0.1) is 20.4 Å². The predicted octanol–water partition coefficient (Wildman–Crippen LogP) is 7.07. The summed E-state index contributed by atoms with van der Waals surface area (Å²) in [5.41, 5.74) is 4.76. The molecule has 1 aliphatic rings. The molecule has 0 N–H and O–H groups in total. The van der Waals surface area contributed by atoms with Crippen LogP contribution in [0.3, 0.4) is 0 Å². The van der Waals surface area contributed by atoms with Gasteiger partial charge in [0.1, 0.15) is 0 Å². The Hall–Kier alpha value is -3.15. The third kappa shape index (κ3) is 5.30. The average Bonchev–Trinajstić information content (AvgIpc) is 3.53. The maximum Gasteiger partial charge on any atom is 0.268 e. The Morgan fingerprint density at radius 2 is 1.37 bits per heavy atom. The number of thiophene rings is 1. The van der Waals surface area contributed by atoms with Crippen molar-refractivity contribution in [2.24, 2.45) is 0 Å². The van der Waals surface area contributed by atoms with E-state index >= 15 is 0 Å². The highest BCUT2D eigenvalue weighted by Gasteiger charge is 2.35. The number of hydrogen-bond donors (Lipinski definition) is 0. The van der Waals surface area contributed by atoms with Gasteiger partial charge in [-0.3, -0.25) is 0 Å². The lowest BCUT2D eigenvalue weighted by Crippen LogP contribution is -2.29. The smallest absolute Gasteiger partial charge is 0.240 e. The highest BCUT2D eigenvalue weighted by atomic mass is 32.2. The number of nitrogens with zero attached hydrogens (tertiary/aromatic N) is 2. The molecular weight excluding hydrogens is 593 g/mol. The fourth-order valence-corrected chi connectivity index (χ4v) is 9.68. The minimum atomic E-state index is -3.96. The van der Waals surface area contributed by atoms with Gasteiger partial charge in [0.15, 0.2) is 0 Å². The Morgan fingerprint density at radius 3 is 2.00 bits per heavy atom. The highest BCUT2D eigenvalue weighted by Crippen LogP contribution is 2.43. The van der Waals surface area contributed by atoms with E-state index in [0.29, 0.717) is 17.0 Å². The Morgan fingerprint density at radius 1 is 0.756 bits per heavy atom. The topological polar surface area (TPSA) is 76.5 Å². The van der Waals surface area contributed by atoms with E-state index in [2.05, 4.69) is 0 Å². The van der Waals surface area contributed by atoms with Gasteiger partial charge in [-0.1, -0.05) is 53.6 Å². The fourth-order valence-electron chi connectivity index (χ4n) is 4.92. The van der Waals surface area contributed by atoms with Crippen LogP contribution in [0.4, 0.5) is 0 Å². The number of thioether (sulfide) groups is 1. The first kappa shape index (κ1) is 28.0. The molecule has 0 fully saturated rings. The molecule has 0 atom stereocenters. The molecule has 6 rings (SSSR count). The van der Waals surface area contributed by atoms with Crippen LogP contribution >= 0.6 is 23.1 Å². The molecule has 5 aromatic rings. The zero-order valence-electron chi connectivity index (χ0n) is 22.5. The molecule has 3 aromatic carbocycles. The molecule has 0 bridgehead atoms. The number of rotatable bonds is 7. The molecule has 0 saturated carbocycles. The Kier molecular flexibility index (Phi) is 7.46. The first-order chi connectivity index (χ1) is 19.6. The van der Waals surface area contributed by atoms with Gasteiger partial charge < -0.3 is 0 Å². The summed E-state index contributed by atoms with van der Waals surface area (Å²) in [4.78, 5) is 2.23. The van der Waals surface area contributed by atoms with Gasteiger partial charge >= 0.3 is 0 Å². The third-order valence-electron chi connectivity index (χ3n) is 7.18. The van der Waals surface area contributed by atoms with E-state index < -0.39 is 20.0 Å². The van der Waals surface area contributed by atoms with Gasteiger partial charge in [-0.05, 0) is 78.4 Å². The van der Waals surface area contributed by atoms with Crippen LogP contribution in [0.15, 0.2) is 111 Å². The van der Waals surface area contributed by atoms with Gasteiger partial charge in [0.25, 0.3) is 10.0 Å². The molecule has 41 heavy (non-hydrogen) atoms. The first-order valence-electron chi connectivity index (χ1n) is 13.0. The van der Waals surface area contributed by atoms with E-state index in [1.165, 1.54) is 19.6 Å². The summed E-state index contributed by atoms with van der Waals surface area (Å²) in [5.74, 6) is 0.488. The summed E-state index contributed by atoms with van der Waals surface area (Å²) in [6.45, 7) is 4.05. The van der Waals surface area contributed by atoms with Crippen LogP contribution in [0.5, 0.6) is 0 Å². The van der Waals surface area contributed by atoms with Crippen LogP contribution in [0.2, 0.25) is 0 Å². The molecule has 0 spiro atoms. The predicted molar refractivity (Wildman–Crippen MR) is 165 cm³/mol. The molecule has 0 radical (unpaired) electrons. The lowest BCUT2D eigenvalue weighted by molar-refractivity contribution is 0.404. The van der Waals surface area contributed by atoms with Crippen molar-refractivity contribution in [3.05, 3.63) is 124 Å². The number of aromatic nitrogens is 1. The molecule has 3 heterocycles. The maximum atomic E-state index is 14.1. The second-order valence-electron chi connectivity index (χ2n) is 10.1. The fraction of sp³-hybridized carbons (Fsp3) is 0.161. The van der Waals surface area contributed by atoms with Crippen LogP contribution in [-0.2, 0) is 38.9 Å². The van der Waals surface area contributed by atoms with E-state index in [4.69, 9.17) is 0 Å². The lowest BCUT2D eigenvalue weighted by atomic mass is 10.1. The molecule has 0 aliphatic carbocycles. The molecule has 0 saturated heterocycles. The van der Waals surface area contributed by atoms with Crippen molar-refractivity contribution in [2.45, 2.75) is 47.4 Å². The van der Waals surface area contributed by atoms with Crippen LogP contribution < -0.4 is 0 Å². The maximum absolute atomic E-state index is 14.1. The Labute approximate surface area is 249 Å². The Balaban J connectivity index is 1.53.